The molecule has 1 aliphatic heterocycles. The fourth-order valence-electron chi connectivity index (χ4n) is 3.66. The van der Waals surface area contributed by atoms with Crippen LogP contribution < -0.4 is 10.6 Å². The molecule has 0 atom stereocenters. The van der Waals surface area contributed by atoms with Crippen LogP contribution in [0.15, 0.2) is 16.5 Å². The first kappa shape index (κ1) is 24.6. The molecule has 0 unspecified atom stereocenters. The number of benzene rings is 1. The van der Waals surface area contributed by atoms with E-state index in [1.165, 1.54) is 33.7 Å². The van der Waals surface area contributed by atoms with E-state index >= 15 is 0 Å². The van der Waals surface area contributed by atoms with Crippen molar-refractivity contribution in [3.8, 4) is 0 Å². The molecule has 2 amide bonds. The lowest BCUT2D eigenvalue weighted by atomic mass is 9.97. The fraction of sp³-hybridized carbons (Fsp3) is 0.500. The van der Waals surface area contributed by atoms with Gasteiger partial charge >= 0.3 is 0 Å². The van der Waals surface area contributed by atoms with Crippen LogP contribution in [-0.4, -0.2) is 59.8 Å². The standard InChI is InChI=1S/C20H27N5O4S3/c1-12-9-13(2)17(14(3)10-12)21-16(26)11-30-20-24-23-19(31-20)22-18(27)15-5-7-25(8-6-15)32(4,28)29/h9-10,15H,5-8,11H2,1-4H3,(H,21,26)(H,22,23,27). The second-order valence-electron chi connectivity index (χ2n) is 7.91. The van der Waals surface area contributed by atoms with E-state index in [0.717, 1.165) is 22.4 Å². The van der Waals surface area contributed by atoms with Gasteiger partial charge in [-0.25, -0.2) is 12.7 Å². The largest absolute Gasteiger partial charge is 0.325 e. The number of piperidine rings is 1. The van der Waals surface area contributed by atoms with Crippen molar-refractivity contribution in [3.63, 3.8) is 0 Å². The zero-order valence-electron chi connectivity index (χ0n) is 18.5. The molecule has 0 saturated carbocycles. The van der Waals surface area contributed by atoms with Crippen LogP contribution in [0.1, 0.15) is 29.5 Å². The number of rotatable bonds is 7. The SMILES string of the molecule is Cc1cc(C)c(NC(=O)CSc2nnc(NC(=O)C3CCN(S(C)(=O)=O)CC3)s2)c(C)c1. The Balaban J connectivity index is 1.48. The molecule has 9 nitrogen and oxygen atoms in total. The molecule has 1 aliphatic rings. The smallest absolute Gasteiger partial charge is 0.234 e. The van der Waals surface area contributed by atoms with E-state index in [2.05, 4.69) is 20.8 Å². The van der Waals surface area contributed by atoms with Gasteiger partial charge in [-0.1, -0.05) is 40.8 Å². The summed E-state index contributed by atoms with van der Waals surface area (Å²) in [6, 6.07) is 4.06. The summed E-state index contributed by atoms with van der Waals surface area (Å²) >= 11 is 2.47. The number of carbonyl (C=O) groups is 2. The van der Waals surface area contributed by atoms with Crippen LogP contribution in [-0.2, 0) is 19.6 Å². The summed E-state index contributed by atoms with van der Waals surface area (Å²) in [5, 5.41) is 14.1. The molecule has 3 rings (SSSR count). The summed E-state index contributed by atoms with van der Waals surface area (Å²) in [4.78, 5) is 24.9. The number of hydrogen-bond donors (Lipinski definition) is 2. The molecule has 32 heavy (non-hydrogen) atoms. The second kappa shape index (κ2) is 10.3. The minimum Gasteiger partial charge on any atom is -0.325 e. The summed E-state index contributed by atoms with van der Waals surface area (Å²) in [5.74, 6) is -0.406. The van der Waals surface area contributed by atoms with Crippen molar-refractivity contribution in [3.05, 3.63) is 28.8 Å². The van der Waals surface area contributed by atoms with E-state index < -0.39 is 10.0 Å². The van der Waals surface area contributed by atoms with Gasteiger partial charge in [0.1, 0.15) is 0 Å². The van der Waals surface area contributed by atoms with Crippen molar-refractivity contribution in [1.29, 1.82) is 0 Å². The van der Waals surface area contributed by atoms with Crippen molar-refractivity contribution in [2.45, 2.75) is 38.0 Å². The Morgan fingerprint density at radius 3 is 2.34 bits per heavy atom. The number of aryl methyl sites for hydroxylation is 3. The molecule has 0 spiro atoms. The van der Waals surface area contributed by atoms with E-state index in [-0.39, 0.29) is 23.5 Å². The quantitative estimate of drug-likeness (QED) is 0.446. The molecule has 1 aromatic carbocycles. The summed E-state index contributed by atoms with van der Waals surface area (Å²) < 4.78 is 25.2. The number of nitrogens with one attached hydrogen (secondary N) is 2. The van der Waals surface area contributed by atoms with Gasteiger partial charge in [0, 0.05) is 24.7 Å². The van der Waals surface area contributed by atoms with Crippen LogP contribution in [0.25, 0.3) is 0 Å². The fourth-order valence-corrected chi connectivity index (χ4v) is 6.08. The van der Waals surface area contributed by atoms with Gasteiger partial charge in [-0.05, 0) is 44.7 Å². The van der Waals surface area contributed by atoms with Gasteiger partial charge in [-0.3, -0.25) is 9.59 Å². The highest BCUT2D eigenvalue weighted by Gasteiger charge is 2.29. The molecular weight excluding hydrogens is 470 g/mol. The number of carbonyl (C=O) groups excluding carboxylic acids is 2. The Kier molecular flexibility index (Phi) is 7.91. The summed E-state index contributed by atoms with van der Waals surface area (Å²) in [7, 11) is -3.22. The van der Waals surface area contributed by atoms with E-state index in [4.69, 9.17) is 0 Å². The lowest BCUT2D eigenvalue weighted by Crippen LogP contribution is -2.40. The molecular formula is C20H27N5O4S3. The van der Waals surface area contributed by atoms with E-state index in [1.54, 1.807) is 0 Å². The van der Waals surface area contributed by atoms with Crippen molar-refractivity contribution in [1.82, 2.24) is 14.5 Å². The molecule has 0 radical (unpaired) electrons. The molecule has 0 bridgehead atoms. The van der Waals surface area contributed by atoms with Crippen LogP contribution in [0.4, 0.5) is 10.8 Å². The van der Waals surface area contributed by atoms with E-state index in [1.807, 2.05) is 32.9 Å². The van der Waals surface area contributed by atoms with Gasteiger partial charge in [0.25, 0.3) is 0 Å². The zero-order valence-corrected chi connectivity index (χ0v) is 20.9. The van der Waals surface area contributed by atoms with Crippen LogP contribution in [0.2, 0.25) is 0 Å². The maximum atomic E-state index is 12.5. The van der Waals surface area contributed by atoms with Gasteiger partial charge in [0.2, 0.25) is 27.0 Å². The Labute approximate surface area is 196 Å². The monoisotopic (exact) mass is 497 g/mol. The molecule has 12 heteroatoms. The molecule has 174 valence electrons. The number of anilines is 2. The number of aromatic nitrogens is 2. The molecule has 2 aromatic rings. The van der Waals surface area contributed by atoms with Crippen LogP contribution in [0, 0.1) is 26.7 Å². The van der Waals surface area contributed by atoms with E-state index in [9.17, 15) is 18.0 Å². The third-order valence-corrected chi connectivity index (χ3v) is 8.47. The van der Waals surface area contributed by atoms with Gasteiger partial charge in [-0.15, -0.1) is 10.2 Å². The zero-order chi connectivity index (χ0) is 23.5. The number of thioether (sulfide) groups is 1. The molecule has 0 aliphatic carbocycles. The van der Waals surface area contributed by atoms with Gasteiger partial charge in [0.05, 0.1) is 12.0 Å². The minimum absolute atomic E-state index is 0.136. The van der Waals surface area contributed by atoms with Crippen LogP contribution in [0.3, 0.4) is 0 Å². The summed E-state index contributed by atoms with van der Waals surface area (Å²) in [6.07, 6.45) is 2.12. The van der Waals surface area contributed by atoms with Gasteiger partial charge in [0.15, 0.2) is 4.34 Å². The summed E-state index contributed by atoms with van der Waals surface area (Å²) in [6.45, 7) is 6.62. The lowest BCUT2D eigenvalue weighted by molar-refractivity contribution is -0.121. The molecule has 1 fully saturated rings. The highest BCUT2D eigenvalue weighted by molar-refractivity contribution is 8.01. The third kappa shape index (κ3) is 6.50. The van der Waals surface area contributed by atoms with Crippen LogP contribution in [0.5, 0.6) is 0 Å². The summed E-state index contributed by atoms with van der Waals surface area (Å²) in [5.41, 5.74) is 4.01. The molecule has 1 saturated heterocycles. The molecule has 1 aromatic heterocycles. The first-order valence-corrected chi connectivity index (χ1v) is 13.8. The van der Waals surface area contributed by atoms with Crippen molar-refractivity contribution in [2.75, 3.05) is 35.7 Å². The Morgan fingerprint density at radius 2 is 1.75 bits per heavy atom. The van der Waals surface area contributed by atoms with E-state index in [0.29, 0.717) is 35.4 Å². The molecule has 2 N–H and O–H groups in total. The predicted molar refractivity (Wildman–Crippen MR) is 128 cm³/mol. The van der Waals surface area contributed by atoms with Crippen LogP contribution >= 0.6 is 23.1 Å². The number of amides is 2. The number of hydrogen-bond acceptors (Lipinski definition) is 8. The topological polar surface area (TPSA) is 121 Å². The highest BCUT2D eigenvalue weighted by Crippen LogP contribution is 2.28. The Bertz CT molecular complexity index is 1090. The van der Waals surface area contributed by atoms with Gasteiger partial charge in [-0.2, -0.15) is 0 Å². The number of sulfonamides is 1. The highest BCUT2D eigenvalue weighted by atomic mass is 32.2. The molecule has 2 heterocycles. The maximum absolute atomic E-state index is 12.5. The Morgan fingerprint density at radius 1 is 1.12 bits per heavy atom. The minimum atomic E-state index is -3.22. The third-order valence-electron chi connectivity index (χ3n) is 5.20. The normalized spacial score (nSPS) is 15.5. The Hall–Kier alpha value is -2.02. The lowest BCUT2D eigenvalue weighted by Gasteiger charge is -2.29. The van der Waals surface area contributed by atoms with Crippen molar-refractivity contribution >= 4 is 55.8 Å². The van der Waals surface area contributed by atoms with Gasteiger partial charge < -0.3 is 10.6 Å². The predicted octanol–water partition coefficient (Wildman–Crippen LogP) is 2.80. The first-order chi connectivity index (χ1) is 15.0. The number of nitrogens with zero attached hydrogens (tertiary/aromatic N) is 3. The average molecular weight is 498 g/mol. The maximum Gasteiger partial charge on any atom is 0.234 e. The second-order valence-corrected chi connectivity index (χ2v) is 12.1. The van der Waals surface area contributed by atoms with Crippen molar-refractivity contribution < 1.29 is 18.0 Å². The average Bonchev–Trinajstić information content (AvgIpc) is 3.16. The first-order valence-electron chi connectivity index (χ1n) is 10.1. The van der Waals surface area contributed by atoms with Crippen molar-refractivity contribution in [2.24, 2.45) is 5.92 Å².